The van der Waals surface area contributed by atoms with Gasteiger partial charge >= 0.3 is 6.18 Å². The van der Waals surface area contributed by atoms with Crippen LogP contribution < -0.4 is 5.32 Å². The lowest BCUT2D eigenvalue weighted by molar-refractivity contribution is -0.137. The zero-order chi connectivity index (χ0) is 16.4. The number of hydrogen-bond acceptors (Lipinski definition) is 4. The van der Waals surface area contributed by atoms with Crippen LogP contribution in [0.3, 0.4) is 0 Å². The van der Waals surface area contributed by atoms with Crippen LogP contribution in [0.25, 0.3) is 11.5 Å². The van der Waals surface area contributed by atoms with Gasteiger partial charge in [0, 0.05) is 25.0 Å². The molecule has 23 heavy (non-hydrogen) atoms. The number of halogens is 3. The Morgan fingerprint density at radius 3 is 2.61 bits per heavy atom. The average Bonchev–Trinajstić information content (AvgIpc) is 3.37. The molecule has 4 nitrogen and oxygen atoms in total. The maximum atomic E-state index is 12.6. The number of rotatable bonds is 5. The van der Waals surface area contributed by atoms with Crippen molar-refractivity contribution in [2.24, 2.45) is 5.92 Å². The summed E-state index contributed by atoms with van der Waals surface area (Å²) in [6.45, 7) is 2.75. The lowest BCUT2D eigenvalue weighted by atomic mass is 10.2. The Bertz CT molecular complexity index is 666. The SMILES string of the molecule is CC(NCc1ccnc(-c2ccc(C(F)(F)F)cn2)n1)C1CC1. The molecule has 0 saturated heterocycles. The molecule has 1 unspecified atom stereocenters. The first-order valence-corrected chi connectivity index (χ1v) is 7.52. The molecule has 0 aromatic carbocycles. The fourth-order valence-corrected chi connectivity index (χ4v) is 2.34. The molecule has 2 heterocycles. The predicted octanol–water partition coefficient (Wildman–Crippen LogP) is 3.45. The normalized spacial score (nSPS) is 16.3. The first-order chi connectivity index (χ1) is 10.9. The summed E-state index contributed by atoms with van der Waals surface area (Å²) in [5, 5.41) is 3.41. The molecule has 0 bridgehead atoms. The highest BCUT2D eigenvalue weighted by atomic mass is 19.4. The van der Waals surface area contributed by atoms with Gasteiger partial charge < -0.3 is 5.32 Å². The van der Waals surface area contributed by atoms with Gasteiger partial charge in [-0.15, -0.1) is 0 Å². The zero-order valence-electron chi connectivity index (χ0n) is 12.6. The van der Waals surface area contributed by atoms with Crippen molar-refractivity contribution in [3.8, 4) is 11.5 Å². The molecule has 0 radical (unpaired) electrons. The van der Waals surface area contributed by atoms with E-state index in [4.69, 9.17) is 0 Å². The highest BCUT2D eigenvalue weighted by Gasteiger charge is 2.30. The van der Waals surface area contributed by atoms with E-state index >= 15 is 0 Å². The van der Waals surface area contributed by atoms with E-state index in [9.17, 15) is 13.2 Å². The van der Waals surface area contributed by atoms with Gasteiger partial charge in [-0.1, -0.05) is 0 Å². The summed E-state index contributed by atoms with van der Waals surface area (Å²) in [4.78, 5) is 12.3. The molecule has 1 aliphatic rings. The Kier molecular flexibility index (Phi) is 4.30. The Hall–Kier alpha value is -2.02. The topological polar surface area (TPSA) is 50.7 Å². The van der Waals surface area contributed by atoms with Gasteiger partial charge in [-0.05, 0) is 43.9 Å². The van der Waals surface area contributed by atoms with E-state index in [-0.39, 0.29) is 0 Å². The molecule has 7 heteroatoms. The quantitative estimate of drug-likeness (QED) is 0.916. The summed E-state index contributed by atoms with van der Waals surface area (Å²) in [5.74, 6) is 1.07. The molecule has 1 aliphatic carbocycles. The van der Waals surface area contributed by atoms with E-state index in [1.807, 2.05) is 0 Å². The van der Waals surface area contributed by atoms with Gasteiger partial charge in [-0.25, -0.2) is 9.97 Å². The third-order valence-corrected chi connectivity index (χ3v) is 3.97. The van der Waals surface area contributed by atoms with Crippen LogP contribution in [-0.2, 0) is 12.7 Å². The van der Waals surface area contributed by atoms with E-state index in [0.717, 1.165) is 23.9 Å². The van der Waals surface area contributed by atoms with Crippen LogP contribution in [0.5, 0.6) is 0 Å². The highest BCUT2D eigenvalue weighted by molar-refractivity contribution is 5.49. The number of nitrogens with one attached hydrogen (secondary N) is 1. The van der Waals surface area contributed by atoms with Crippen molar-refractivity contribution in [2.75, 3.05) is 0 Å². The summed E-state index contributed by atoms with van der Waals surface area (Å²) in [6, 6.07) is 4.52. The maximum Gasteiger partial charge on any atom is 0.417 e. The minimum absolute atomic E-state index is 0.329. The molecule has 2 aromatic heterocycles. The van der Waals surface area contributed by atoms with E-state index in [2.05, 4.69) is 27.2 Å². The molecule has 0 aliphatic heterocycles. The number of hydrogen-bond donors (Lipinski definition) is 1. The van der Waals surface area contributed by atoms with Crippen molar-refractivity contribution < 1.29 is 13.2 Å². The molecular weight excluding hydrogens is 305 g/mol. The van der Waals surface area contributed by atoms with Crippen molar-refractivity contribution >= 4 is 0 Å². The summed E-state index contributed by atoms with van der Waals surface area (Å²) in [5.41, 5.74) is 0.344. The van der Waals surface area contributed by atoms with Crippen LogP contribution >= 0.6 is 0 Å². The summed E-state index contributed by atoms with van der Waals surface area (Å²) < 4.78 is 37.7. The zero-order valence-corrected chi connectivity index (χ0v) is 12.6. The van der Waals surface area contributed by atoms with Crippen molar-refractivity contribution in [1.29, 1.82) is 0 Å². The van der Waals surface area contributed by atoms with E-state index in [0.29, 0.717) is 24.1 Å². The molecule has 2 aromatic rings. The number of aromatic nitrogens is 3. The van der Waals surface area contributed by atoms with Gasteiger partial charge in [0.05, 0.1) is 11.3 Å². The number of pyridine rings is 1. The van der Waals surface area contributed by atoms with E-state index < -0.39 is 11.7 Å². The van der Waals surface area contributed by atoms with Gasteiger partial charge in [-0.2, -0.15) is 13.2 Å². The van der Waals surface area contributed by atoms with Gasteiger partial charge in [0.25, 0.3) is 0 Å². The fraction of sp³-hybridized carbons (Fsp3) is 0.438. The largest absolute Gasteiger partial charge is 0.417 e. The van der Waals surface area contributed by atoms with Crippen LogP contribution in [0.2, 0.25) is 0 Å². The Balaban J connectivity index is 1.71. The smallest absolute Gasteiger partial charge is 0.308 e. The van der Waals surface area contributed by atoms with Crippen molar-refractivity contribution in [1.82, 2.24) is 20.3 Å². The fourth-order valence-electron chi connectivity index (χ4n) is 2.34. The summed E-state index contributed by atoms with van der Waals surface area (Å²) >= 11 is 0. The molecule has 0 amide bonds. The lowest BCUT2D eigenvalue weighted by Crippen LogP contribution is -2.27. The molecule has 0 spiro atoms. The molecule has 1 atom stereocenters. The van der Waals surface area contributed by atoms with E-state index in [1.54, 1.807) is 12.3 Å². The van der Waals surface area contributed by atoms with Crippen LogP contribution in [0, 0.1) is 5.92 Å². The van der Waals surface area contributed by atoms with Crippen molar-refractivity contribution in [3.63, 3.8) is 0 Å². The second-order valence-corrected chi connectivity index (χ2v) is 5.81. The van der Waals surface area contributed by atoms with Crippen molar-refractivity contribution in [3.05, 3.63) is 41.9 Å². The van der Waals surface area contributed by atoms with Crippen LogP contribution in [0.1, 0.15) is 31.0 Å². The summed E-state index contributed by atoms with van der Waals surface area (Å²) in [7, 11) is 0. The monoisotopic (exact) mass is 322 g/mol. The third-order valence-electron chi connectivity index (χ3n) is 3.97. The number of nitrogens with zero attached hydrogens (tertiary/aromatic N) is 3. The third kappa shape index (κ3) is 4.04. The molecule has 1 saturated carbocycles. The molecule has 1 fully saturated rings. The lowest BCUT2D eigenvalue weighted by Gasteiger charge is -2.12. The van der Waals surface area contributed by atoms with Gasteiger partial charge in [0.2, 0.25) is 0 Å². The minimum Gasteiger partial charge on any atom is -0.308 e. The maximum absolute atomic E-state index is 12.6. The minimum atomic E-state index is -4.39. The van der Waals surface area contributed by atoms with Gasteiger partial charge in [0.15, 0.2) is 5.82 Å². The Labute approximate surface area is 132 Å². The highest BCUT2D eigenvalue weighted by Crippen LogP contribution is 2.32. The van der Waals surface area contributed by atoms with Crippen LogP contribution in [-0.4, -0.2) is 21.0 Å². The van der Waals surface area contributed by atoms with Crippen molar-refractivity contribution in [2.45, 2.75) is 38.5 Å². The Morgan fingerprint density at radius 1 is 1.22 bits per heavy atom. The molecule has 122 valence electrons. The van der Waals surface area contributed by atoms with Crippen LogP contribution in [0.4, 0.5) is 13.2 Å². The average molecular weight is 322 g/mol. The second kappa shape index (κ2) is 6.23. The second-order valence-electron chi connectivity index (χ2n) is 5.81. The standard InChI is InChI=1S/C16H17F3N4/c1-10(11-2-3-11)21-9-13-6-7-20-15(23-13)14-5-4-12(8-22-14)16(17,18)19/h4-8,10-11,21H,2-3,9H2,1H3. The van der Waals surface area contributed by atoms with Crippen LogP contribution in [0.15, 0.2) is 30.6 Å². The number of alkyl halides is 3. The summed E-state index contributed by atoms with van der Waals surface area (Å²) in [6.07, 6.45) is 0.535. The first kappa shape index (κ1) is 15.9. The Morgan fingerprint density at radius 2 is 2.00 bits per heavy atom. The van der Waals surface area contributed by atoms with Gasteiger partial charge in [0.1, 0.15) is 5.69 Å². The van der Waals surface area contributed by atoms with Gasteiger partial charge in [-0.3, -0.25) is 4.98 Å². The predicted molar refractivity (Wildman–Crippen MR) is 79.3 cm³/mol. The molecule has 3 rings (SSSR count). The first-order valence-electron chi connectivity index (χ1n) is 7.52. The molecule has 1 N–H and O–H groups in total. The molecular formula is C16H17F3N4. The van der Waals surface area contributed by atoms with E-state index in [1.165, 1.54) is 18.9 Å².